The van der Waals surface area contributed by atoms with Crippen molar-refractivity contribution >= 4 is 35.4 Å². The maximum absolute atomic E-state index is 5.61. The number of nitrogen functional groups attached to an aromatic ring is 1. The van der Waals surface area contributed by atoms with E-state index in [0.29, 0.717) is 22.5 Å². The van der Waals surface area contributed by atoms with Crippen molar-refractivity contribution in [2.45, 2.75) is 5.16 Å². The van der Waals surface area contributed by atoms with Crippen LogP contribution >= 0.6 is 11.8 Å². The van der Waals surface area contributed by atoms with Crippen LogP contribution in [0, 0.1) is 0 Å². The third-order valence-corrected chi connectivity index (χ3v) is 1.97. The largest absolute Gasteiger partial charge is 0.382 e. The number of nitrogens with zero attached hydrogens (tertiary/aromatic N) is 4. The third-order valence-electron chi connectivity index (χ3n) is 1.42. The summed E-state index contributed by atoms with van der Waals surface area (Å²) >= 11 is 1.43. The number of anilines is 1. The number of hydrogen-bond acceptors (Lipinski definition) is 5. The number of thioether (sulfide) groups is 1. The van der Waals surface area contributed by atoms with E-state index < -0.39 is 0 Å². The minimum absolute atomic E-state index is 0.391. The second-order valence-corrected chi connectivity index (χ2v) is 2.91. The molecule has 1 aliphatic heterocycles. The van der Waals surface area contributed by atoms with Gasteiger partial charge in [-0.15, -0.1) is 0 Å². The number of hydrogen-bond donors (Lipinski definition) is 1. The van der Waals surface area contributed by atoms with Crippen molar-refractivity contribution in [3.63, 3.8) is 0 Å². The van der Waals surface area contributed by atoms with Gasteiger partial charge in [0.25, 0.3) is 0 Å². The van der Waals surface area contributed by atoms with Gasteiger partial charge < -0.3 is 5.73 Å². The van der Waals surface area contributed by atoms with Crippen LogP contribution in [-0.2, 0) is 0 Å². The van der Waals surface area contributed by atoms with Crippen molar-refractivity contribution in [3.05, 3.63) is 0 Å². The Morgan fingerprint density at radius 3 is 3.00 bits per heavy atom. The Labute approximate surface area is 73.5 Å². The molecule has 0 aliphatic carbocycles. The molecule has 0 amide bonds. The Morgan fingerprint density at radius 2 is 2.25 bits per heavy atom. The SMILES string of the molecule is CSc1nc(N)c2c(n1)[N]C=N2. The van der Waals surface area contributed by atoms with Crippen molar-refractivity contribution in [1.29, 1.82) is 0 Å². The van der Waals surface area contributed by atoms with Gasteiger partial charge >= 0.3 is 0 Å². The van der Waals surface area contributed by atoms with E-state index in [9.17, 15) is 0 Å². The number of rotatable bonds is 1. The number of fused-ring (bicyclic) bond motifs is 1. The summed E-state index contributed by atoms with van der Waals surface area (Å²) in [4.78, 5) is 12.1. The molecule has 1 radical (unpaired) electrons. The van der Waals surface area contributed by atoms with Gasteiger partial charge in [0.05, 0.1) is 0 Å². The van der Waals surface area contributed by atoms with Crippen LogP contribution in [0.15, 0.2) is 10.1 Å². The zero-order chi connectivity index (χ0) is 8.55. The lowest BCUT2D eigenvalue weighted by Crippen LogP contribution is -1.97. The molecule has 1 aromatic heterocycles. The van der Waals surface area contributed by atoms with Gasteiger partial charge in [-0.2, -0.15) is 0 Å². The molecule has 0 fully saturated rings. The Balaban J connectivity index is 2.56. The van der Waals surface area contributed by atoms with E-state index in [1.54, 1.807) is 0 Å². The smallest absolute Gasteiger partial charge is 0.191 e. The highest BCUT2D eigenvalue weighted by Gasteiger charge is 2.15. The average Bonchev–Trinajstić information content (AvgIpc) is 2.52. The first-order valence-corrected chi connectivity index (χ1v) is 4.48. The predicted octanol–water partition coefficient (Wildman–Crippen LogP) is 0.690. The summed E-state index contributed by atoms with van der Waals surface area (Å²) in [6.45, 7) is 0. The van der Waals surface area contributed by atoms with Crippen molar-refractivity contribution in [3.8, 4) is 0 Å². The molecule has 6 heteroatoms. The lowest BCUT2D eigenvalue weighted by Gasteiger charge is -2.00. The first kappa shape index (κ1) is 7.35. The maximum atomic E-state index is 5.61. The van der Waals surface area contributed by atoms with Gasteiger partial charge in [0, 0.05) is 0 Å². The predicted molar refractivity (Wildman–Crippen MR) is 48.2 cm³/mol. The number of aliphatic imine (C=N–C) groups is 1. The fraction of sp³-hybridized carbons (Fsp3) is 0.167. The van der Waals surface area contributed by atoms with E-state index in [1.165, 1.54) is 18.1 Å². The minimum atomic E-state index is 0.391. The molecule has 61 valence electrons. The van der Waals surface area contributed by atoms with Crippen LogP contribution in [0.1, 0.15) is 0 Å². The van der Waals surface area contributed by atoms with Crippen LogP contribution in [0.5, 0.6) is 0 Å². The summed E-state index contributed by atoms with van der Waals surface area (Å²) in [7, 11) is 0. The molecule has 0 aromatic carbocycles. The highest BCUT2D eigenvalue weighted by atomic mass is 32.2. The molecule has 5 nitrogen and oxygen atoms in total. The van der Waals surface area contributed by atoms with E-state index >= 15 is 0 Å². The highest BCUT2D eigenvalue weighted by Crippen LogP contribution is 2.32. The topological polar surface area (TPSA) is 78.3 Å². The standard InChI is InChI=1S/C6H6N5S/c1-12-6-10-4(7)3-5(11-6)9-2-8-3/h2H,1H3,(H2,7,10,11). The Kier molecular flexibility index (Phi) is 1.61. The van der Waals surface area contributed by atoms with Crippen molar-refractivity contribution in [2.24, 2.45) is 4.99 Å². The van der Waals surface area contributed by atoms with Crippen LogP contribution in [0.3, 0.4) is 0 Å². The number of nitrogens with two attached hydrogens (primary N) is 1. The summed E-state index contributed by atoms with van der Waals surface area (Å²) in [6.07, 6.45) is 3.32. The quantitative estimate of drug-likeness (QED) is 0.509. The summed E-state index contributed by atoms with van der Waals surface area (Å²) in [6, 6.07) is 0. The summed E-state index contributed by atoms with van der Waals surface area (Å²) in [5.74, 6) is 0.953. The van der Waals surface area contributed by atoms with Gasteiger partial charge in [0.15, 0.2) is 22.5 Å². The Hall–Kier alpha value is -1.30. The van der Waals surface area contributed by atoms with Gasteiger partial charge in [-0.25, -0.2) is 20.3 Å². The van der Waals surface area contributed by atoms with E-state index in [-0.39, 0.29) is 0 Å². The van der Waals surface area contributed by atoms with E-state index in [4.69, 9.17) is 5.73 Å². The summed E-state index contributed by atoms with van der Waals surface area (Å²) < 4.78 is 0. The third kappa shape index (κ3) is 1.00. The normalized spacial score (nSPS) is 12.8. The average molecular weight is 180 g/mol. The molecule has 1 aliphatic rings. The van der Waals surface area contributed by atoms with Crippen molar-refractivity contribution in [2.75, 3.05) is 12.0 Å². The first-order chi connectivity index (χ1) is 5.81. The molecule has 2 heterocycles. The summed E-state index contributed by atoms with van der Waals surface area (Å²) in [5, 5.41) is 4.56. The maximum Gasteiger partial charge on any atom is 0.191 e. The fourth-order valence-electron chi connectivity index (χ4n) is 0.886. The van der Waals surface area contributed by atoms with Gasteiger partial charge in [-0.05, 0) is 6.26 Å². The molecule has 0 saturated heterocycles. The minimum Gasteiger partial charge on any atom is -0.382 e. The summed E-state index contributed by atoms with van der Waals surface area (Å²) in [5.41, 5.74) is 6.19. The van der Waals surface area contributed by atoms with Gasteiger partial charge in [-0.1, -0.05) is 11.8 Å². The first-order valence-electron chi connectivity index (χ1n) is 3.26. The molecule has 2 rings (SSSR count). The molecule has 12 heavy (non-hydrogen) atoms. The van der Waals surface area contributed by atoms with Crippen molar-refractivity contribution in [1.82, 2.24) is 15.3 Å². The zero-order valence-electron chi connectivity index (χ0n) is 6.35. The molecule has 0 saturated carbocycles. The van der Waals surface area contributed by atoms with Gasteiger partial charge in [0.1, 0.15) is 6.34 Å². The molecule has 0 bridgehead atoms. The molecule has 2 N–H and O–H groups in total. The second kappa shape index (κ2) is 2.63. The van der Waals surface area contributed by atoms with Crippen LogP contribution in [0.2, 0.25) is 0 Å². The molecular weight excluding hydrogens is 174 g/mol. The van der Waals surface area contributed by atoms with E-state index in [1.807, 2.05) is 6.26 Å². The van der Waals surface area contributed by atoms with E-state index in [0.717, 1.165) is 0 Å². The van der Waals surface area contributed by atoms with Crippen LogP contribution < -0.4 is 11.1 Å². The highest BCUT2D eigenvalue weighted by molar-refractivity contribution is 7.98. The van der Waals surface area contributed by atoms with Crippen LogP contribution in [0.4, 0.5) is 17.3 Å². The number of aromatic nitrogens is 2. The van der Waals surface area contributed by atoms with Crippen LogP contribution in [-0.4, -0.2) is 22.6 Å². The van der Waals surface area contributed by atoms with Crippen molar-refractivity contribution < 1.29 is 0 Å². The van der Waals surface area contributed by atoms with Gasteiger partial charge in [0.2, 0.25) is 0 Å². The molecule has 0 atom stereocenters. The Bertz CT molecular complexity index is 348. The lowest BCUT2D eigenvalue weighted by molar-refractivity contribution is 0.964. The van der Waals surface area contributed by atoms with Crippen LogP contribution in [0.25, 0.3) is 0 Å². The molecule has 1 aromatic rings. The zero-order valence-corrected chi connectivity index (χ0v) is 7.17. The Morgan fingerprint density at radius 1 is 1.42 bits per heavy atom. The second-order valence-electron chi connectivity index (χ2n) is 2.14. The monoisotopic (exact) mass is 180 g/mol. The molecular formula is C6H6N5S. The lowest BCUT2D eigenvalue weighted by atomic mass is 10.4. The molecule has 0 unspecified atom stereocenters. The molecule has 0 spiro atoms. The van der Waals surface area contributed by atoms with Gasteiger partial charge in [-0.3, -0.25) is 0 Å². The fourth-order valence-corrected chi connectivity index (χ4v) is 1.25. The van der Waals surface area contributed by atoms with E-state index in [2.05, 4.69) is 20.3 Å².